The highest BCUT2D eigenvalue weighted by Crippen LogP contribution is 2.17. The number of aromatic nitrogens is 2. The van der Waals surface area contributed by atoms with Crippen LogP contribution in [-0.2, 0) is 6.67 Å². The van der Waals surface area contributed by atoms with Gasteiger partial charge >= 0.3 is 0 Å². The van der Waals surface area contributed by atoms with Crippen molar-refractivity contribution in [2.45, 2.75) is 6.67 Å². The quantitative estimate of drug-likeness (QED) is 0.793. The van der Waals surface area contributed by atoms with Crippen molar-refractivity contribution in [1.82, 2.24) is 9.55 Å². The molecule has 0 atom stereocenters. The van der Waals surface area contributed by atoms with E-state index in [1.54, 1.807) is 25.3 Å². The largest absolute Gasteiger partial charge is 0.497 e. The van der Waals surface area contributed by atoms with Gasteiger partial charge in [-0.05, 0) is 23.7 Å². The van der Waals surface area contributed by atoms with E-state index in [4.69, 9.17) is 22.1 Å². The SMILES string of the molecule is COc1ccc2c(=O)n(CN)c(Cl)nc2c1. The monoisotopic (exact) mass is 239 g/mol. The topological polar surface area (TPSA) is 70.1 Å². The predicted octanol–water partition coefficient (Wildman–Crippen LogP) is 0.975. The van der Waals surface area contributed by atoms with Gasteiger partial charge in [0.15, 0.2) is 0 Å². The number of hydrogen-bond acceptors (Lipinski definition) is 4. The molecule has 0 fully saturated rings. The first-order chi connectivity index (χ1) is 7.67. The summed E-state index contributed by atoms with van der Waals surface area (Å²) in [6.07, 6.45) is 0. The predicted molar refractivity (Wildman–Crippen MR) is 61.8 cm³/mol. The molecule has 0 aliphatic carbocycles. The van der Waals surface area contributed by atoms with E-state index in [0.717, 1.165) is 0 Å². The number of halogens is 1. The lowest BCUT2D eigenvalue weighted by Crippen LogP contribution is -2.25. The van der Waals surface area contributed by atoms with Crippen LogP contribution in [0.2, 0.25) is 5.28 Å². The molecular weight excluding hydrogens is 230 g/mol. The maximum atomic E-state index is 11.9. The van der Waals surface area contributed by atoms with Crippen LogP contribution in [-0.4, -0.2) is 16.7 Å². The number of fused-ring (bicyclic) bond motifs is 1. The zero-order chi connectivity index (χ0) is 11.7. The Morgan fingerprint density at radius 3 is 2.94 bits per heavy atom. The van der Waals surface area contributed by atoms with Crippen molar-refractivity contribution in [2.24, 2.45) is 5.73 Å². The first-order valence-corrected chi connectivity index (χ1v) is 4.99. The number of rotatable bonds is 2. The van der Waals surface area contributed by atoms with Gasteiger partial charge in [0.25, 0.3) is 5.56 Å². The molecule has 0 bridgehead atoms. The van der Waals surface area contributed by atoms with E-state index in [0.29, 0.717) is 16.7 Å². The molecule has 0 radical (unpaired) electrons. The van der Waals surface area contributed by atoms with E-state index in [9.17, 15) is 4.79 Å². The molecule has 1 heterocycles. The van der Waals surface area contributed by atoms with Crippen LogP contribution in [0.25, 0.3) is 10.9 Å². The van der Waals surface area contributed by atoms with Crippen LogP contribution >= 0.6 is 11.6 Å². The van der Waals surface area contributed by atoms with Crippen LogP contribution in [0.15, 0.2) is 23.0 Å². The normalized spacial score (nSPS) is 10.7. The summed E-state index contributed by atoms with van der Waals surface area (Å²) in [5.74, 6) is 0.626. The molecule has 0 saturated carbocycles. The second-order valence-electron chi connectivity index (χ2n) is 3.18. The summed E-state index contributed by atoms with van der Waals surface area (Å²) in [6.45, 7) is 0.00658. The van der Waals surface area contributed by atoms with Gasteiger partial charge in [0.2, 0.25) is 5.28 Å². The zero-order valence-electron chi connectivity index (χ0n) is 8.61. The van der Waals surface area contributed by atoms with E-state index < -0.39 is 0 Å². The van der Waals surface area contributed by atoms with E-state index in [1.807, 2.05) is 0 Å². The van der Waals surface area contributed by atoms with Gasteiger partial charge in [-0.15, -0.1) is 0 Å². The van der Waals surface area contributed by atoms with E-state index in [-0.39, 0.29) is 17.5 Å². The molecule has 0 aliphatic heterocycles. The number of nitrogens with two attached hydrogens (primary N) is 1. The van der Waals surface area contributed by atoms with Crippen molar-refractivity contribution in [3.05, 3.63) is 33.8 Å². The van der Waals surface area contributed by atoms with Crippen LogP contribution in [0.3, 0.4) is 0 Å². The highest BCUT2D eigenvalue weighted by molar-refractivity contribution is 6.28. The van der Waals surface area contributed by atoms with Crippen LogP contribution in [0.5, 0.6) is 5.75 Å². The average Bonchev–Trinajstić information content (AvgIpc) is 2.28. The third-order valence-corrected chi connectivity index (χ3v) is 2.59. The van der Waals surface area contributed by atoms with E-state index in [1.165, 1.54) is 4.57 Å². The number of hydrogen-bond donors (Lipinski definition) is 1. The van der Waals surface area contributed by atoms with E-state index in [2.05, 4.69) is 4.98 Å². The Kier molecular flexibility index (Phi) is 2.80. The molecule has 0 saturated heterocycles. The molecule has 1 aromatic heterocycles. The third-order valence-electron chi connectivity index (χ3n) is 2.30. The Balaban J connectivity index is 2.82. The molecule has 1 aromatic carbocycles. The van der Waals surface area contributed by atoms with Crippen molar-refractivity contribution in [3.63, 3.8) is 0 Å². The van der Waals surface area contributed by atoms with Crippen molar-refractivity contribution < 1.29 is 4.74 Å². The molecule has 16 heavy (non-hydrogen) atoms. The van der Waals surface area contributed by atoms with Crippen molar-refractivity contribution in [3.8, 4) is 5.75 Å². The lowest BCUT2D eigenvalue weighted by atomic mass is 10.2. The van der Waals surface area contributed by atoms with Gasteiger partial charge < -0.3 is 10.5 Å². The molecule has 2 aromatic rings. The number of methoxy groups -OCH3 is 1. The van der Waals surface area contributed by atoms with Gasteiger partial charge in [0, 0.05) is 6.07 Å². The molecule has 5 nitrogen and oxygen atoms in total. The van der Waals surface area contributed by atoms with Crippen LogP contribution < -0.4 is 16.0 Å². The molecule has 0 amide bonds. The first kappa shape index (κ1) is 10.9. The Labute approximate surface area is 96.4 Å². The number of nitrogens with zero attached hydrogens (tertiary/aromatic N) is 2. The molecule has 0 spiro atoms. The standard InChI is InChI=1S/C10H10ClN3O2/c1-16-6-2-3-7-8(4-6)13-10(11)14(5-12)9(7)15/h2-4H,5,12H2,1H3. The van der Waals surface area contributed by atoms with Crippen molar-refractivity contribution in [2.75, 3.05) is 7.11 Å². The summed E-state index contributed by atoms with van der Waals surface area (Å²) in [4.78, 5) is 16.0. The summed E-state index contributed by atoms with van der Waals surface area (Å²) in [5, 5.41) is 0.545. The Hall–Kier alpha value is -1.59. The zero-order valence-corrected chi connectivity index (χ0v) is 9.36. The van der Waals surface area contributed by atoms with E-state index >= 15 is 0 Å². The summed E-state index contributed by atoms with van der Waals surface area (Å²) in [7, 11) is 1.55. The lowest BCUT2D eigenvalue weighted by Gasteiger charge is -2.07. The van der Waals surface area contributed by atoms with Crippen LogP contribution in [0, 0.1) is 0 Å². The molecule has 84 valence electrons. The highest BCUT2D eigenvalue weighted by Gasteiger charge is 2.08. The number of benzene rings is 1. The fourth-order valence-electron chi connectivity index (χ4n) is 1.46. The number of ether oxygens (including phenoxy) is 1. The third kappa shape index (κ3) is 1.64. The van der Waals surface area contributed by atoms with Crippen molar-refractivity contribution in [1.29, 1.82) is 0 Å². The molecular formula is C10H10ClN3O2. The molecule has 0 aliphatic rings. The molecule has 0 unspecified atom stereocenters. The maximum Gasteiger partial charge on any atom is 0.263 e. The van der Waals surface area contributed by atoms with Gasteiger partial charge in [-0.25, -0.2) is 4.98 Å². The summed E-state index contributed by atoms with van der Waals surface area (Å²) >= 11 is 5.84. The summed E-state index contributed by atoms with van der Waals surface area (Å²) in [6, 6.07) is 5.00. The highest BCUT2D eigenvalue weighted by atomic mass is 35.5. The van der Waals surface area contributed by atoms with Gasteiger partial charge in [0.05, 0.1) is 24.7 Å². The second-order valence-corrected chi connectivity index (χ2v) is 3.52. The first-order valence-electron chi connectivity index (χ1n) is 4.61. The van der Waals surface area contributed by atoms with Gasteiger partial charge in [-0.3, -0.25) is 9.36 Å². The van der Waals surface area contributed by atoms with Crippen LogP contribution in [0.1, 0.15) is 0 Å². The van der Waals surface area contributed by atoms with Crippen molar-refractivity contribution >= 4 is 22.5 Å². The maximum absolute atomic E-state index is 11.9. The summed E-state index contributed by atoms with van der Waals surface area (Å²) < 4.78 is 6.25. The lowest BCUT2D eigenvalue weighted by molar-refractivity contribution is 0.415. The van der Waals surface area contributed by atoms with Gasteiger partial charge in [-0.1, -0.05) is 0 Å². The minimum absolute atomic E-state index is 0.00658. The van der Waals surface area contributed by atoms with Crippen LogP contribution in [0.4, 0.5) is 0 Å². The smallest absolute Gasteiger partial charge is 0.263 e. The average molecular weight is 240 g/mol. The molecule has 2 rings (SSSR count). The minimum Gasteiger partial charge on any atom is -0.497 e. The van der Waals surface area contributed by atoms with Gasteiger partial charge in [-0.2, -0.15) is 0 Å². The summed E-state index contributed by atoms with van der Waals surface area (Å²) in [5.41, 5.74) is 5.66. The Morgan fingerprint density at radius 2 is 2.31 bits per heavy atom. The minimum atomic E-state index is -0.250. The van der Waals surface area contributed by atoms with Gasteiger partial charge in [0.1, 0.15) is 5.75 Å². The molecule has 6 heteroatoms. The Bertz CT molecular complexity index is 594. The second kappa shape index (κ2) is 4.11. The Morgan fingerprint density at radius 1 is 1.56 bits per heavy atom. The fourth-order valence-corrected chi connectivity index (χ4v) is 1.70. The fraction of sp³-hybridized carbons (Fsp3) is 0.200. The molecule has 2 N–H and O–H groups in total.